The Morgan fingerprint density at radius 2 is 2.00 bits per heavy atom. The van der Waals surface area contributed by atoms with Gasteiger partial charge in [0.15, 0.2) is 0 Å². The molecule has 0 saturated carbocycles. The third-order valence-corrected chi connectivity index (χ3v) is 3.70. The smallest absolute Gasteiger partial charge is 0.353 e. The SMILES string of the molecule is COCC(C)Nc1ncnc(Nc2cccc3ncccc23)c1[N+](=O)[O-]. The predicted molar refractivity (Wildman–Crippen MR) is 98.7 cm³/mol. The largest absolute Gasteiger partial charge is 0.383 e. The Morgan fingerprint density at radius 3 is 2.77 bits per heavy atom. The molecule has 1 unspecified atom stereocenters. The summed E-state index contributed by atoms with van der Waals surface area (Å²) in [5.41, 5.74) is 1.23. The Morgan fingerprint density at radius 1 is 1.19 bits per heavy atom. The molecule has 3 aromatic rings. The van der Waals surface area contributed by atoms with Crippen LogP contribution in [-0.4, -0.2) is 39.6 Å². The van der Waals surface area contributed by atoms with E-state index in [0.717, 1.165) is 10.9 Å². The molecule has 1 aromatic carbocycles. The minimum absolute atomic E-state index is 0.105. The van der Waals surface area contributed by atoms with Gasteiger partial charge in [0.1, 0.15) is 6.33 Å². The van der Waals surface area contributed by atoms with Gasteiger partial charge in [-0.15, -0.1) is 0 Å². The minimum atomic E-state index is -0.506. The highest BCUT2D eigenvalue weighted by Gasteiger charge is 2.24. The number of hydrogen-bond donors (Lipinski definition) is 2. The molecule has 0 saturated heterocycles. The Balaban J connectivity index is 2.00. The molecule has 2 aromatic heterocycles. The number of nitro groups is 1. The van der Waals surface area contributed by atoms with Crippen LogP contribution in [0.2, 0.25) is 0 Å². The standard InChI is InChI=1S/C17H18N6O3/c1-11(9-26-2)21-16-15(23(24)25)17(20-10-19-16)22-14-7-3-6-13-12(14)5-4-8-18-13/h3-8,10-11H,9H2,1-2H3,(H2,19,20,21,22). The number of methoxy groups -OCH3 is 1. The van der Waals surface area contributed by atoms with Crippen molar-refractivity contribution in [3.63, 3.8) is 0 Å². The fourth-order valence-corrected chi connectivity index (χ4v) is 2.61. The molecule has 0 aliphatic carbocycles. The number of benzene rings is 1. The second-order valence-electron chi connectivity index (χ2n) is 5.68. The van der Waals surface area contributed by atoms with E-state index in [0.29, 0.717) is 12.3 Å². The van der Waals surface area contributed by atoms with Crippen molar-refractivity contribution in [1.29, 1.82) is 0 Å². The lowest BCUT2D eigenvalue weighted by molar-refractivity contribution is -0.383. The summed E-state index contributed by atoms with van der Waals surface area (Å²) in [5.74, 6) is 0.240. The van der Waals surface area contributed by atoms with Crippen LogP contribution in [0.15, 0.2) is 42.9 Å². The fraction of sp³-hybridized carbons (Fsp3) is 0.235. The van der Waals surface area contributed by atoms with Crippen molar-refractivity contribution in [1.82, 2.24) is 15.0 Å². The monoisotopic (exact) mass is 354 g/mol. The molecule has 0 aliphatic rings. The van der Waals surface area contributed by atoms with Gasteiger partial charge < -0.3 is 15.4 Å². The van der Waals surface area contributed by atoms with Crippen molar-refractivity contribution in [2.75, 3.05) is 24.4 Å². The quantitative estimate of drug-likeness (QED) is 0.491. The number of fused-ring (bicyclic) bond motifs is 1. The summed E-state index contributed by atoms with van der Waals surface area (Å²) in [6, 6.07) is 9.05. The van der Waals surface area contributed by atoms with Gasteiger partial charge in [-0.05, 0) is 31.2 Å². The normalized spacial score (nSPS) is 11.9. The maximum Gasteiger partial charge on any atom is 0.353 e. The van der Waals surface area contributed by atoms with Crippen LogP contribution in [0.4, 0.5) is 23.0 Å². The highest BCUT2D eigenvalue weighted by molar-refractivity contribution is 5.93. The average Bonchev–Trinajstić information content (AvgIpc) is 2.62. The van der Waals surface area contributed by atoms with Crippen molar-refractivity contribution in [2.24, 2.45) is 0 Å². The van der Waals surface area contributed by atoms with Crippen LogP contribution in [0.1, 0.15) is 6.92 Å². The molecule has 2 N–H and O–H groups in total. The second kappa shape index (κ2) is 7.70. The van der Waals surface area contributed by atoms with E-state index in [1.54, 1.807) is 19.4 Å². The number of hydrogen-bond acceptors (Lipinski definition) is 8. The highest BCUT2D eigenvalue weighted by Crippen LogP contribution is 2.33. The van der Waals surface area contributed by atoms with Crippen molar-refractivity contribution < 1.29 is 9.66 Å². The lowest BCUT2D eigenvalue weighted by Gasteiger charge is -2.15. The summed E-state index contributed by atoms with van der Waals surface area (Å²) < 4.78 is 5.05. The first kappa shape index (κ1) is 17.5. The third kappa shape index (κ3) is 3.67. The number of anilines is 3. The molecule has 134 valence electrons. The van der Waals surface area contributed by atoms with E-state index in [1.807, 2.05) is 31.2 Å². The number of rotatable bonds is 7. The topological polar surface area (TPSA) is 115 Å². The zero-order valence-electron chi connectivity index (χ0n) is 14.3. The van der Waals surface area contributed by atoms with Crippen LogP contribution >= 0.6 is 0 Å². The summed E-state index contributed by atoms with van der Waals surface area (Å²) in [5, 5.41) is 18.5. The molecule has 0 spiro atoms. The highest BCUT2D eigenvalue weighted by atomic mass is 16.6. The molecular formula is C17H18N6O3. The Hall–Kier alpha value is -3.33. The molecule has 2 heterocycles. The molecule has 0 fully saturated rings. The summed E-state index contributed by atoms with van der Waals surface area (Å²) in [6.07, 6.45) is 2.97. The zero-order chi connectivity index (χ0) is 18.5. The third-order valence-electron chi connectivity index (χ3n) is 3.70. The predicted octanol–water partition coefficient (Wildman–Crippen LogP) is 3.12. The van der Waals surface area contributed by atoms with Gasteiger partial charge in [0.2, 0.25) is 11.6 Å². The number of pyridine rings is 1. The van der Waals surface area contributed by atoms with Crippen LogP contribution in [0, 0.1) is 10.1 Å². The van der Waals surface area contributed by atoms with Crippen molar-refractivity contribution >= 4 is 33.9 Å². The lowest BCUT2D eigenvalue weighted by Crippen LogP contribution is -2.22. The molecule has 26 heavy (non-hydrogen) atoms. The molecule has 0 bridgehead atoms. The van der Waals surface area contributed by atoms with E-state index in [4.69, 9.17) is 4.74 Å². The Labute approximate surface area is 149 Å². The Bertz CT molecular complexity index is 928. The van der Waals surface area contributed by atoms with Crippen LogP contribution < -0.4 is 10.6 Å². The molecule has 0 aliphatic heterocycles. The zero-order valence-corrected chi connectivity index (χ0v) is 14.3. The molecular weight excluding hydrogens is 336 g/mol. The van der Waals surface area contributed by atoms with Gasteiger partial charge in [-0.2, -0.15) is 0 Å². The summed E-state index contributed by atoms with van der Waals surface area (Å²) in [6.45, 7) is 2.23. The number of aromatic nitrogens is 3. The van der Waals surface area contributed by atoms with Crippen LogP contribution in [0.5, 0.6) is 0 Å². The van der Waals surface area contributed by atoms with Crippen LogP contribution in [0.3, 0.4) is 0 Å². The first-order valence-electron chi connectivity index (χ1n) is 7.95. The summed E-state index contributed by atoms with van der Waals surface area (Å²) in [4.78, 5) is 23.5. The van der Waals surface area contributed by atoms with Gasteiger partial charge in [0, 0.05) is 30.4 Å². The maximum atomic E-state index is 11.6. The number of ether oxygens (including phenoxy) is 1. The van der Waals surface area contributed by atoms with E-state index < -0.39 is 4.92 Å². The van der Waals surface area contributed by atoms with Gasteiger partial charge in [-0.3, -0.25) is 15.1 Å². The molecule has 1 atom stereocenters. The van der Waals surface area contributed by atoms with Crippen molar-refractivity contribution in [2.45, 2.75) is 13.0 Å². The first-order chi connectivity index (χ1) is 12.6. The van der Waals surface area contributed by atoms with Crippen LogP contribution in [0.25, 0.3) is 10.9 Å². The van der Waals surface area contributed by atoms with E-state index in [9.17, 15) is 10.1 Å². The number of nitrogens with zero attached hydrogens (tertiary/aromatic N) is 4. The van der Waals surface area contributed by atoms with Gasteiger partial charge in [-0.1, -0.05) is 6.07 Å². The van der Waals surface area contributed by atoms with Crippen molar-refractivity contribution in [3.8, 4) is 0 Å². The van der Waals surface area contributed by atoms with Gasteiger partial charge in [-0.25, -0.2) is 9.97 Å². The van der Waals surface area contributed by atoms with Gasteiger partial charge in [0.25, 0.3) is 0 Å². The molecule has 3 rings (SSSR count). The fourth-order valence-electron chi connectivity index (χ4n) is 2.61. The van der Waals surface area contributed by atoms with Gasteiger partial charge in [0.05, 0.1) is 17.0 Å². The second-order valence-corrected chi connectivity index (χ2v) is 5.68. The average molecular weight is 354 g/mol. The maximum absolute atomic E-state index is 11.6. The van der Waals surface area contributed by atoms with E-state index >= 15 is 0 Å². The van der Waals surface area contributed by atoms with E-state index in [-0.39, 0.29) is 23.4 Å². The first-order valence-corrected chi connectivity index (χ1v) is 7.95. The molecule has 9 heteroatoms. The van der Waals surface area contributed by atoms with E-state index in [2.05, 4.69) is 25.6 Å². The Kier molecular flexibility index (Phi) is 5.18. The van der Waals surface area contributed by atoms with E-state index in [1.165, 1.54) is 6.33 Å². The molecule has 9 nitrogen and oxygen atoms in total. The van der Waals surface area contributed by atoms with Crippen molar-refractivity contribution in [3.05, 3.63) is 53.0 Å². The molecule has 0 amide bonds. The summed E-state index contributed by atoms with van der Waals surface area (Å²) >= 11 is 0. The molecule has 0 radical (unpaired) electrons. The van der Waals surface area contributed by atoms with Gasteiger partial charge >= 0.3 is 5.69 Å². The van der Waals surface area contributed by atoms with Crippen LogP contribution in [-0.2, 0) is 4.74 Å². The summed E-state index contributed by atoms with van der Waals surface area (Å²) in [7, 11) is 1.56. The lowest BCUT2D eigenvalue weighted by atomic mass is 10.2. The minimum Gasteiger partial charge on any atom is -0.383 e. The number of nitrogens with one attached hydrogen (secondary N) is 2.